The molecule has 0 heterocycles. The number of ether oxygens (including phenoxy) is 1. The van der Waals surface area contributed by atoms with Gasteiger partial charge in [-0.2, -0.15) is 0 Å². The lowest BCUT2D eigenvalue weighted by atomic mass is 9.89. The molecule has 3 nitrogen and oxygen atoms in total. The summed E-state index contributed by atoms with van der Waals surface area (Å²) in [5, 5.41) is 0. The molecule has 3 heteroatoms. The summed E-state index contributed by atoms with van der Waals surface area (Å²) >= 11 is 0. The van der Waals surface area contributed by atoms with E-state index in [0.29, 0.717) is 6.04 Å². The lowest BCUT2D eigenvalue weighted by molar-refractivity contribution is 0.0102. The first-order valence-electron chi connectivity index (χ1n) is 7.03. The van der Waals surface area contributed by atoms with Crippen LogP contribution < -0.4 is 11.3 Å². The van der Waals surface area contributed by atoms with Gasteiger partial charge in [-0.1, -0.05) is 19.8 Å². The molecule has 0 radical (unpaired) electrons. The minimum atomic E-state index is -0.0299. The van der Waals surface area contributed by atoms with Crippen molar-refractivity contribution in [2.75, 3.05) is 7.11 Å². The number of hydrazine groups is 1. The lowest BCUT2D eigenvalue weighted by Gasteiger charge is -2.28. The maximum atomic E-state index is 5.72. The molecule has 1 aliphatic carbocycles. The van der Waals surface area contributed by atoms with Gasteiger partial charge in [-0.15, -0.1) is 0 Å². The maximum Gasteiger partial charge on any atom is 0.0623 e. The Morgan fingerprint density at radius 3 is 2.59 bits per heavy atom. The molecule has 3 N–H and O–H groups in total. The molecule has 0 aromatic heterocycles. The summed E-state index contributed by atoms with van der Waals surface area (Å²) in [4.78, 5) is 0. The van der Waals surface area contributed by atoms with Gasteiger partial charge in [0.25, 0.3) is 0 Å². The summed E-state index contributed by atoms with van der Waals surface area (Å²) in [5.74, 6) is 7.40. The van der Waals surface area contributed by atoms with Crippen LogP contribution in [0.4, 0.5) is 0 Å². The summed E-state index contributed by atoms with van der Waals surface area (Å²) in [6.45, 7) is 6.58. The monoisotopic (exact) mass is 242 g/mol. The molecule has 0 spiro atoms. The molecular weight excluding hydrogens is 212 g/mol. The predicted octanol–water partition coefficient (Wildman–Crippen LogP) is 2.85. The Balaban J connectivity index is 2.39. The summed E-state index contributed by atoms with van der Waals surface area (Å²) < 4.78 is 5.47. The molecule has 1 rings (SSSR count). The Labute approximate surface area is 106 Å². The molecule has 1 saturated carbocycles. The number of hydrogen-bond donors (Lipinski definition) is 2. The molecule has 0 aromatic carbocycles. The van der Waals surface area contributed by atoms with Gasteiger partial charge in [0, 0.05) is 13.2 Å². The van der Waals surface area contributed by atoms with Crippen LogP contribution in [0.5, 0.6) is 0 Å². The minimum Gasteiger partial charge on any atom is -0.379 e. The van der Waals surface area contributed by atoms with Crippen molar-refractivity contribution in [1.29, 1.82) is 0 Å². The van der Waals surface area contributed by atoms with Gasteiger partial charge in [0.2, 0.25) is 0 Å². The van der Waals surface area contributed by atoms with Crippen molar-refractivity contribution in [2.45, 2.75) is 70.9 Å². The van der Waals surface area contributed by atoms with E-state index in [9.17, 15) is 0 Å². The summed E-state index contributed by atoms with van der Waals surface area (Å²) in [6, 6.07) is 0.459. The van der Waals surface area contributed by atoms with Crippen LogP contribution >= 0.6 is 0 Å². The largest absolute Gasteiger partial charge is 0.379 e. The maximum absolute atomic E-state index is 5.72. The van der Waals surface area contributed by atoms with E-state index in [0.717, 1.165) is 24.7 Å². The van der Waals surface area contributed by atoms with Crippen LogP contribution in [-0.4, -0.2) is 18.8 Å². The summed E-state index contributed by atoms with van der Waals surface area (Å²) in [7, 11) is 1.79. The fourth-order valence-electron chi connectivity index (χ4n) is 2.91. The number of methoxy groups -OCH3 is 1. The fourth-order valence-corrected chi connectivity index (χ4v) is 2.91. The van der Waals surface area contributed by atoms with Crippen LogP contribution in [0.2, 0.25) is 0 Å². The van der Waals surface area contributed by atoms with E-state index in [4.69, 9.17) is 10.6 Å². The van der Waals surface area contributed by atoms with Crippen molar-refractivity contribution in [3.05, 3.63) is 0 Å². The highest BCUT2D eigenvalue weighted by Crippen LogP contribution is 2.36. The summed E-state index contributed by atoms with van der Waals surface area (Å²) in [5.41, 5.74) is 3.00. The zero-order valence-electron chi connectivity index (χ0n) is 12.0. The van der Waals surface area contributed by atoms with E-state index in [1.54, 1.807) is 7.11 Å². The Hall–Kier alpha value is -0.120. The highest BCUT2D eigenvalue weighted by Gasteiger charge is 2.30. The van der Waals surface area contributed by atoms with Gasteiger partial charge in [0.05, 0.1) is 5.60 Å². The number of hydrogen-bond acceptors (Lipinski definition) is 3. The molecular formula is C14H30N2O. The Morgan fingerprint density at radius 1 is 1.41 bits per heavy atom. The van der Waals surface area contributed by atoms with Crippen molar-refractivity contribution in [2.24, 2.45) is 17.7 Å². The van der Waals surface area contributed by atoms with Crippen LogP contribution in [0.25, 0.3) is 0 Å². The third-order valence-corrected chi connectivity index (χ3v) is 4.55. The second-order valence-electron chi connectivity index (χ2n) is 6.12. The highest BCUT2D eigenvalue weighted by atomic mass is 16.5. The molecule has 1 aliphatic rings. The smallest absolute Gasteiger partial charge is 0.0623 e. The average molecular weight is 242 g/mol. The number of nitrogens with two attached hydrogens (primary N) is 1. The van der Waals surface area contributed by atoms with Gasteiger partial charge in [-0.25, -0.2) is 0 Å². The Kier molecular flexibility index (Phi) is 5.90. The standard InChI is InChI=1S/C14H30N2O/c1-5-11-6-7-12(10-11)13(16-15)8-9-14(2,3)17-4/h11-13,16H,5-10,15H2,1-4H3. The molecule has 0 saturated heterocycles. The first-order chi connectivity index (χ1) is 8.02. The van der Waals surface area contributed by atoms with Crippen molar-refractivity contribution in [1.82, 2.24) is 5.43 Å². The zero-order valence-corrected chi connectivity index (χ0v) is 12.0. The van der Waals surface area contributed by atoms with E-state index in [1.165, 1.54) is 25.7 Å². The van der Waals surface area contributed by atoms with Gasteiger partial charge < -0.3 is 4.74 Å². The minimum absolute atomic E-state index is 0.0299. The predicted molar refractivity (Wildman–Crippen MR) is 72.6 cm³/mol. The van der Waals surface area contributed by atoms with E-state index >= 15 is 0 Å². The normalized spacial score (nSPS) is 27.4. The molecule has 1 fully saturated rings. The van der Waals surface area contributed by atoms with Crippen molar-refractivity contribution >= 4 is 0 Å². The Morgan fingerprint density at radius 2 is 2.12 bits per heavy atom. The molecule has 17 heavy (non-hydrogen) atoms. The van der Waals surface area contributed by atoms with Crippen LogP contribution in [0, 0.1) is 11.8 Å². The second kappa shape index (κ2) is 6.72. The zero-order chi connectivity index (χ0) is 12.9. The van der Waals surface area contributed by atoms with E-state index in [-0.39, 0.29) is 5.60 Å². The van der Waals surface area contributed by atoms with E-state index in [1.807, 2.05) is 0 Å². The fraction of sp³-hybridized carbons (Fsp3) is 1.00. The molecule has 0 amide bonds. The van der Waals surface area contributed by atoms with Crippen molar-refractivity contribution < 1.29 is 4.74 Å². The molecule has 0 bridgehead atoms. The molecule has 3 atom stereocenters. The van der Waals surface area contributed by atoms with Crippen LogP contribution in [0.15, 0.2) is 0 Å². The quantitative estimate of drug-likeness (QED) is 0.533. The number of rotatable bonds is 7. The first kappa shape index (κ1) is 14.9. The van der Waals surface area contributed by atoms with Crippen LogP contribution in [0.1, 0.15) is 59.3 Å². The average Bonchev–Trinajstić information content (AvgIpc) is 2.78. The molecule has 0 aliphatic heterocycles. The second-order valence-corrected chi connectivity index (χ2v) is 6.12. The van der Waals surface area contributed by atoms with Gasteiger partial charge in [-0.3, -0.25) is 11.3 Å². The van der Waals surface area contributed by atoms with Crippen LogP contribution in [0.3, 0.4) is 0 Å². The van der Waals surface area contributed by atoms with Gasteiger partial charge in [0.1, 0.15) is 0 Å². The van der Waals surface area contributed by atoms with Crippen molar-refractivity contribution in [3.8, 4) is 0 Å². The van der Waals surface area contributed by atoms with Gasteiger partial charge in [-0.05, 0) is 51.4 Å². The van der Waals surface area contributed by atoms with E-state index < -0.39 is 0 Å². The van der Waals surface area contributed by atoms with Crippen LogP contribution in [-0.2, 0) is 4.74 Å². The number of nitrogens with one attached hydrogen (secondary N) is 1. The topological polar surface area (TPSA) is 47.3 Å². The lowest BCUT2D eigenvalue weighted by Crippen LogP contribution is -2.41. The summed E-state index contributed by atoms with van der Waals surface area (Å²) in [6.07, 6.45) is 7.55. The third kappa shape index (κ3) is 4.57. The third-order valence-electron chi connectivity index (χ3n) is 4.55. The highest BCUT2D eigenvalue weighted by molar-refractivity contribution is 4.84. The van der Waals surface area contributed by atoms with E-state index in [2.05, 4.69) is 26.2 Å². The SMILES string of the molecule is CCC1CCC(C(CCC(C)(C)OC)NN)C1. The van der Waals surface area contributed by atoms with Gasteiger partial charge in [0.15, 0.2) is 0 Å². The molecule has 3 unspecified atom stereocenters. The van der Waals surface area contributed by atoms with Crippen molar-refractivity contribution in [3.63, 3.8) is 0 Å². The van der Waals surface area contributed by atoms with Gasteiger partial charge >= 0.3 is 0 Å². The molecule has 0 aromatic rings. The Bertz CT molecular complexity index is 218. The molecule has 102 valence electrons. The first-order valence-corrected chi connectivity index (χ1v) is 7.03.